The van der Waals surface area contributed by atoms with Crippen molar-refractivity contribution >= 4 is 5.78 Å². The van der Waals surface area contributed by atoms with E-state index in [1.165, 1.54) is 19.1 Å². The largest absolute Gasteiger partial charge is 0.417 e. The van der Waals surface area contributed by atoms with Crippen LogP contribution in [-0.4, -0.2) is 16.8 Å². The van der Waals surface area contributed by atoms with Crippen molar-refractivity contribution in [1.82, 2.24) is 10.3 Å². The van der Waals surface area contributed by atoms with Crippen LogP contribution in [0.3, 0.4) is 0 Å². The lowest BCUT2D eigenvalue weighted by atomic mass is 10.2. The number of pyridine rings is 1. The molecule has 1 aromatic heterocycles. The minimum absolute atomic E-state index is 0.163. The number of aromatic nitrogens is 1. The molecular weight excluding hydrogens is 271 g/mol. The van der Waals surface area contributed by atoms with Gasteiger partial charge >= 0.3 is 6.18 Å². The van der Waals surface area contributed by atoms with Crippen LogP contribution in [0.1, 0.15) is 25.1 Å². The number of halogens is 3. The summed E-state index contributed by atoms with van der Waals surface area (Å²) in [7, 11) is 0. The van der Waals surface area contributed by atoms with Crippen LogP contribution in [0.15, 0.2) is 30.1 Å². The van der Waals surface area contributed by atoms with Crippen molar-refractivity contribution in [1.29, 1.82) is 0 Å². The average molecular weight is 287 g/mol. The summed E-state index contributed by atoms with van der Waals surface area (Å²) < 4.78 is 37.0. The molecule has 0 aliphatic heterocycles. The zero-order valence-corrected chi connectivity index (χ0v) is 11.2. The molecule has 4 nitrogen and oxygen atoms in total. The second-order valence-corrected chi connectivity index (χ2v) is 4.39. The van der Waals surface area contributed by atoms with Crippen LogP contribution < -0.4 is 11.1 Å². The summed E-state index contributed by atoms with van der Waals surface area (Å²) in [6, 6.07) is 2.00. The standard InChI is InChI=1S/C13H16F3N3O/c1-8(20)5-12(17)9(2)18-7-11-4-3-10(6-19-11)13(14,15)16/h3-6,9,18H,7,17H2,1-2H3/b12-5-/t9-/m1/s1. The molecule has 1 atom stereocenters. The summed E-state index contributed by atoms with van der Waals surface area (Å²) >= 11 is 0. The van der Waals surface area contributed by atoms with Gasteiger partial charge in [0.15, 0.2) is 5.78 Å². The van der Waals surface area contributed by atoms with E-state index in [9.17, 15) is 18.0 Å². The van der Waals surface area contributed by atoms with Crippen LogP contribution >= 0.6 is 0 Å². The molecule has 110 valence electrons. The van der Waals surface area contributed by atoms with Crippen LogP contribution in [0.4, 0.5) is 13.2 Å². The van der Waals surface area contributed by atoms with E-state index in [4.69, 9.17) is 5.73 Å². The molecule has 0 aliphatic carbocycles. The first kappa shape index (κ1) is 16.2. The summed E-state index contributed by atoms with van der Waals surface area (Å²) in [6.07, 6.45) is -2.30. The minimum Gasteiger partial charge on any atom is -0.401 e. The molecule has 0 saturated carbocycles. The number of hydrogen-bond donors (Lipinski definition) is 2. The number of nitrogens with two attached hydrogens (primary N) is 1. The average Bonchev–Trinajstić information content (AvgIpc) is 2.34. The molecular formula is C13H16F3N3O. The lowest BCUT2D eigenvalue weighted by Gasteiger charge is -2.14. The molecule has 0 saturated heterocycles. The lowest BCUT2D eigenvalue weighted by molar-refractivity contribution is -0.137. The van der Waals surface area contributed by atoms with Crippen molar-refractivity contribution in [2.24, 2.45) is 5.73 Å². The van der Waals surface area contributed by atoms with Crippen LogP contribution in [0.25, 0.3) is 0 Å². The Hall–Kier alpha value is -1.89. The van der Waals surface area contributed by atoms with Gasteiger partial charge in [0.2, 0.25) is 0 Å². The zero-order valence-electron chi connectivity index (χ0n) is 11.2. The SMILES string of the molecule is CC(=O)/C=C(\N)[C@@H](C)NCc1ccc(C(F)(F)F)cn1. The molecule has 1 heterocycles. The molecule has 7 heteroatoms. The number of allylic oxidation sites excluding steroid dienone is 1. The van der Waals surface area contributed by atoms with Gasteiger partial charge in [-0.2, -0.15) is 13.2 Å². The van der Waals surface area contributed by atoms with Gasteiger partial charge in [0, 0.05) is 30.6 Å². The first-order valence-corrected chi connectivity index (χ1v) is 5.93. The number of carbonyl (C=O) groups is 1. The predicted molar refractivity (Wildman–Crippen MR) is 68.5 cm³/mol. The molecule has 0 amide bonds. The molecule has 0 spiro atoms. The molecule has 0 bridgehead atoms. The molecule has 1 rings (SSSR count). The highest BCUT2D eigenvalue weighted by Crippen LogP contribution is 2.28. The smallest absolute Gasteiger partial charge is 0.401 e. The highest BCUT2D eigenvalue weighted by Gasteiger charge is 2.30. The fourth-order valence-corrected chi connectivity index (χ4v) is 1.43. The van der Waals surface area contributed by atoms with Crippen molar-refractivity contribution < 1.29 is 18.0 Å². The number of nitrogens with one attached hydrogen (secondary N) is 1. The first-order valence-electron chi connectivity index (χ1n) is 5.93. The number of carbonyl (C=O) groups excluding carboxylic acids is 1. The maximum atomic E-state index is 12.3. The Morgan fingerprint density at radius 3 is 2.60 bits per heavy atom. The fourth-order valence-electron chi connectivity index (χ4n) is 1.43. The lowest BCUT2D eigenvalue weighted by Crippen LogP contribution is -2.31. The quantitative estimate of drug-likeness (QED) is 0.813. The Morgan fingerprint density at radius 1 is 1.50 bits per heavy atom. The van der Waals surface area contributed by atoms with Gasteiger partial charge in [-0.25, -0.2) is 0 Å². The first-order chi connectivity index (χ1) is 9.20. The summed E-state index contributed by atoms with van der Waals surface area (Å²) in [5.74, 6) is -0.163. The third kappa shape index (κ3) is 5.00. The van der Waals surface area contributed by atoms with Gasteiger partial charge in [-0.1, -0.05) is 0 Å². The van der Waals surface area contributed by atoms with Gasteiger partial charge in [-0.05, 0) is 26.0 Å². The maximum Gasteiger partial charge on any atom is 0.417 e. The van der Waals surface area contributed by atoms with Crippen LogP contribution in [0.2, 0.25) is 0 Å². The highest BCUT2D eigenvalue weighted by molar-refractivity contribution is 5.87. The van der Waals surface area contributed by atoms with Gasteiger partial charge < -0.3 is 11.1 Å². The normalized spacial score (nSPS) is 14.2. The topological polar surface area (TPSA) is 68.0 Å². The molecule has 0 unspecified atom stereocenters. The van der Waals surface area contributed by atoms with Crippen molar-refractivity contribution in [3.63, 3.8) is 0 Å². The third-order valence-electron chi connectivity index (χ3n) is 2.61. The number of hydrogen-bond acceptors (Lipinski definition) is 4. The Balaban J connectivity index is 2.60. The van der Waals surface area contributed by atoms with E-state index in [-0.39, 0.29) is 18.4 Å². The fraction of sp³-hybridized carbons (Fsp3) is 0.385. The Morgan fingerprint density at radius 2 is 2.15 bits per heavy atom. The van der Waals surface area contributed by atoms with E-state index in [1.807, 2.05) is 0 Å². The zero-order chi connectivity index (χ0) is 15.3. The van der Waals surface area contributed by atoms with Gasteiger partial charge in [0.1, 0.15) is 0 Å². The second kappa shape index (κ2) is 6.51. The van der Waals surface area contributed by atoms with E-state index in [0.29, 0.717) is 11.4 Å². The molecule has 0 aliphatic rings. The molecule has 0 radical (unpaired) electrons. The van der Waals surface area contributed by atoms with Gasteiger partial charge in [0.25, 0.3) is 0 Å². The summed E-state index contributed by atoms with van der Waals surface area (Å²) in [4.78, 5) is 14.6. The van der Waals surface area contributed by atoms with Crippen molar-refractivity contribution in [3.8, 4) is 0 Å². The van der Waals surface area contributed by atoms with Gasteiger partial charge in [0.05, 0.1) is 11.3 Å². The van der Waals surface area contributed by atoms with Crippen molar-refractivity contribution in [3.05, 3.63) is 41.4 Å². The molecule has 20 heavy (non-hydrogen) atoms. The van der Waals surface area contributed by atoms with Gasteiger partial charge in [-0.15, -0.1) is 0 Å². The minimum atomic E-state index is -4.39. The second-order valence-electron chi connectivity index (χ2n) is 4.39. The molecule has 0 aromatic carbocycles. The monoisotopic (exact) mass is 287 g/mol. The maximum absolute atomic E-state index is 12.3. The number of ketones is 1. The summed E-state index contributed by atoms with van der Waals surface area (Å²) in [5, 5.41) is 2.97. The van der Waals surface area contributed by atoms with Gasteiger partial charge in [-0.3, -0.25) is 9.78 Å². The Labute approximate surface area is 114 Å². The number of rotatable bonds is 5. The molecule has 0 fully saturated rings. The van der Waals surface area contributed by atoms with E-state index in [0.717, 1.165) is 12.3 Å². The highest BCUT2D eigenvalue weighted by atomic mass is 19.4. The predicted octanol–water partition coefficient (Wildman–Crippen LogP) is 2.01. The van der Waals surface area contributed by atoms with E-state index in [1.54, 1.807) is 6.92 Å². The van der Waals surface area contributed by atoms with Crippen LogP contribution in [-0.2, 0) is 17.5 Å². The van der Waals surface area contributed by atoms with Crippen LogP contribution in [0.5, 0.6) is 0 Å². The van der Waals surface area contributed by atoms with E-state index >= 15 is 0 Å². The van der Waals surface area contributed by atoms with Crippen molar-refractivity contribution in [2.45, 2.75) is 32.6 Å². The number of alkyl halides is 3. The summed E-state index contributed by atoms with van der Waals surface area (Å²) in [5.41, 5.74) is 5.71. The molecule has 1 aromatic rings. The summed E-state index contributed by atoms with van der Waals surface area (Å²) in [6.45, 7) is 3.39. The Bertz CT molecular complexity index is 495. The van der Waals surface area contributed by atoms with E-state index < -0.39 is 11.7 Å². The molecule has 3 N–H and O–H groups in total. The number of nitrogens with zero attached hydrogens (tertiary/aromatic N) is 1. The third-order valence-corrected chi connectivity index (χ3v) is 2.61. The van der Waals surface area contributed by atoms with Crippen LogP contribution in [0, 0.1) is 0 Å². The van der Waals surface area contributed by atoms with E-state index in [2.05, 4.69) is 10.3 Å². The Kier molecular flexibility index (Phi) is 5.26. The van der Waals surface area contributed by atoms with Crippen molar-refractivity contribution in [2.75, 3.05) is 0 Å².